The lowest BCUT2D eigenvalue weighted by Crippen LogP contribution is -2.60. The highest BCUT2D eigenvalue weighted by Gasteiger charge is 2.59. The van der Waals surface area contributed by atoms with E-state index in [1.54, 1.807) is 6.92 Å². The first kappa shape index (κ1) is 31.8. The zero-order chi connectivity index (χ0) is 27.6. The van der Waals surface area contributed by atoms with Gasteiger partial charge >= 0.3 is 17.9 Å². The average Bonchev–Trinajstić information content (AvgIpc) is 3.11. The minimum absolute atomic E-state index is 0.217. The summed E-state index contributed by atoms with van der Waals surface area (Å²) in [7, 11) is -0.834. The summed E-state index contributed by atoms with van der Waals surface area (Å²) < 4.78 is 40.0. The molecule has 2 rings (SSSR count). The number of carbonyl (C=O) groups excluding carboxylic acids is 3. The van der Waals surface area contributed by atoms with Crippen LogP contribution in [0.2, 0.25) is 0 Å². The number of hydrogen-bond acceptors (Lipinski definition) is 10. The van der Waals surface area contributed by atoms with Gasteiger partial charge in [-0.15, -0.1) is 0 Å². The van der Waals surface area contributed by atoms with Crippen LogP contribution in [0.15, 0.2) is 0 Å². The Bertz CT molecular complexity index is 760. The molecule has 2 fully saturated rings. The van der Waals surface area contributed by atoms with Crippen LogP contribution < -0.4 is 0 Å². The maximum absolute atomic E-state index is 11.9. The molecule has 0 aromatic rings. The van der Waals surface area contributed by atoms with E-state index in [9.17, 15) is 14.4 Å². The Kier molecular flexibility index (Phi) is 12.6. The van der Waals surface area contributed by atoms with E-state index in [1.807, 2.05) is 0 Å². The fourth-order valence-corrected chi connectivity index (χ4v) is 6.20. The summed E-state index contributed by atoms with van der Waals surface area (Å²) in [5.74, 6) is -1.09. The molecule has 0 spiro atoms. The average molecular weight is 551 g/mol. The van der Waals surface area contributed by atoms with E-state index in [0.29, 0.717) is 6.61 Å². The number of fused-ring (bicyclic) bond motifs is 1. The SMILES string of the molecule is CCCCCCCCS(C)(C)CCOC1(C)OC2OC(COC(C)=O)C(OC(C)=O)C(OC(C)=O)C2O1. The third-order valence-electron chi connectivity index (χ3n) is 6.38. The van der Waals surface area contributed by atoms with Gasteiger partial charge in [-0.05, 0) is 24.7 Å². The van der Waals surface area contributed by atoms with E-state index < -0.39 is 64.6 Å². The van der Waals surface area contributed by atoms with Gasteiger partial charge < -0.3 is 28.4 Å². The normalized spacial score (nSPS) is 29.9. The first-order chi connectivity index (χ1) is 17.4. The molecular formula is C26H46O10S. The van der Waals surface area contributed by atoms with Gasteiger partial charge in [0, 0.05) is 33.4 Å². The Morgan fingerprint density at radius 2 is 1.46 bits per heavy atom. The van der Waals surface area contributed by atoms with Crippen LogP contribution >= 0.6 is 10.0 Å². The first-order valence-corrected chi connectivity index (χ1v) is 16.0. The van der Waals surface area contributed by atoms with Crippen LogP contribution in [-0.2, 0) is 47.5 Å². The summed E-state index contributed by atoms with van der Waals surface area (Å²) in [5.41, 5.74) is 0. The van der Waals surface area contributed by atoms with Crippen LogP contribution in [0.3, 0.4) is 0 Å². The molecule has 10 nitrogen and oxygen atoms in total. The standard InChI is InChI=1S/C26H46O10S/c1-8-9-10-11-12-13-15-37(6,7)16-14-31-26(5)35-24-23(33-20(4)29)22(32-19(3)28)21(17-30-18(2)27)34-25(24)36-26/h21-25H,8-17H2,1-7H3. The fourth-order valence-electron chi connectivity index (χ4n) is 4.47. The van der Waals surface area contributed by atoms with Crippen molar-refractivity contribution in [1.82, 2.24) is 0 Å². The summed E-state index contributed by atoms with van der Waals surface area (Å²) in [5, 5.41) is 0. The second kappa shape index (κ2) is 14.7. The Balaban J connectivity index is 2.00. The van der Waals surface area contributed by atoms with Gasteiger partial charge in [0.05, 0.1) is 6.61 Å². The Hall–Kier alpha value is -1.40. The van der Waals surface area contributed by atoms with E-state index in [1.165, 1.54) is 65.0 Å². The van der Waals surface area contributed by atoms with E-state index in [4.69, 9.17) is 33.2 Å². The van der Waals surface area contributed by atoms with Crippen LogP contribution in [0, 0.1) is 0 Å². The van der Waals surface area contributed by atoms with E-state index >= 15 is 0 Å². The molecule has 0 amide bonds. The molecule has 2 aliphatic rings. The lowest BCUT2D eigenvalue weighted by atomic mass is 9.98. The largest absolute Gasteiger partial charge is 0.463 e. The molecule has 2 aliphatic heterocycles. The fraction of sp³-hybridized carbons (Fsp3) is 0.885. The molecule has 11 heteroatoms. The maximum Gasteiger partial charge on any atom is 0.303 e. The summed E-state index contributed by atoms with van der Waals surface area (Å²) in [4.78, 5) is 35.1. The van der Waals surface area contributed by atoms with Crippen molar-refractivity contribution in [2.45, 2.75) is 110 Å². The maximum atomic E-state index is 11.9. The molecule has 2 saturated heterocycles. The van der Waals surface area contributed by atoms with Gasteiger partial charge in [0.15, 0.2) is 24.6 Å². The lowest BCUT2D eigenvalue weighted by Gasteiger charge is -2.40. The smallest absolute Gasteiger partial charge is 0.303 e. The van der Waals surface area contributed by atoms with Crippen molar-refractivity contribution in [3.63, 3.8) is 0 Å². The second-order valence-corrected chi connectivity index (χ2v) is 14.7. The Labute approximate surface area is 222 Å². The van der Waals surface area contributed by atoms with E-state index in [0.717, 1.165) is 5.75 Å². The number of ether oxygens (including phenoxy) is 7. The highest BCUT2D eigenvalue weighted by atomic mass is 32.3. The Morgan fingerprint density at radius 1 is 0.838 bits per heavy atom. The number of unbranched alkanes of at least 4 members (excludes halogenated alkanes) is 5. The van der Waals surface area contributed by atoms with E-state index in [-0.39, 0.29) is 6.61 Å². The summed E-state index contributed by atoms with van der Waals surface area (Å²) in [6.07, 6.45) is 7.34. The Morgan fingerprint density at radius 3 is 2.08 bits per heavy atom. The number of carbonyl (C=O) groups is 3. The second-order valence-electron chi connectivity index (χ2n) is 10.3. The molecule has 0 aromatic carbocycles. The molecule has 0 radical (unpaired) electrons. The van der Waals surface area contributed by atoms with Gasteiger partial charge in [0.2, 0.25) is 0 Å². The monoisotopic (exact) mass is 550 g/mol. The number of hydrogen-bond donors (Lipinski definition) is 0. The van der Waals surface area contributed by atoms with Gasteiger partial charge in [-0.2, -0.15) is 0 Å². The van der Waals surface area contributed by atoms with Crippen LogP contribution in [0.5, 0.6) is 0 Å². The predicted octanol–water partition coefficient (Wildman–Crippen LogP) is 3.67. The summed E-state index contributed by atoms with van der Waals surface area (Å²) in [6.45, 7) is 7.80. The third kappa shape index (κ3) is 10.7. The van der Waals surface area contributed by atoms with Crippen LogP contribution in [0.1, 0.15) is 73.1 Å². The van der Waals surface area contributed by atoms with Crippen LogP contribution in [-0.4, -0.2) is 91.8 Å². The molecule has 37 heavy (non-hydrogen) atoms. The van der Waals surface area contributed by atoms with Crippen molar-refractivity contribution in [3.8, 4) is 0 Å². The van der Waals surface area contributed by atoms with Crippen molar-refractivity contribution in [1.29, 1.82) is 0 Å². The lowest BCUT2D eigenvalue weighted by molar-refractivity contribution is -0.342. The highest BCUT2D eigenvalue weighted by Crippen LogP contribution is 2.43. The molecule has 0 aliphatic carbocycles. The zero-order valence-corrected chi connectivity index (χ0v) is 24.3. The third-order valence-corrected chi connectivity index (χ3v) is 9.04. The topological polar surface area (TPSA) is 116 Å². The molecule has 6 atom stereocenters. The molecule has 216 valence electrons. The van der Waals surface area contributed by atoms with Gasteiger partial charge in [0.1, 0.15) is 12.7 Å². The van der Waals surface area contributed by atoms with Crippen LogP contribution in [0.4, 0.5) is 0 Å². The summed E-state index contributed by atoms with van der Waals surface area (Å²) >= 11 is 0. The minimum Gasteiger partial charge on any atom is -0.463 e. The van der Waals surface area contributed by atoms with Gasteiger partial charge in [-0.3, -0.25) is 19.1 Å². The molecule has 0 aromatic heterocycles. The van der Waals surface area contributed by atoms with Gasteiger partial charge in [0.25, 0.3) is 5.97 Å². The van der Waals surface area contributed by atoms with E-state index in [2.05, 4.69) is 19.4 Å². The van der Waals surface area contributed by atoms with Crippen molar-refractivity contribution in [2.24, 2.45) is 0 Å². The number of rotatable bonds is 15. The van der Waals surface area contributed by atoms with Crippen molar-refractivity contribution >= 4 is 27.9 Å². The van der Waals surface area contributed by atoms with Gasteiger partial charge in [-0.1, -0.05) is 39.0 Å². The van der Waals surface area contributed by atoms with Gasteiger partial charge in [-0.25, -0.2) is 10.0 Å². The van der Waals surface area contributed by atoms with Crippen molar-refractivity contribution in [2.75, 3.05) is 37.2 Å². The molecule has 0 N–H and O–H groups in total. The quantitative estimate of drug-likeness (QED) is 0.170. The minimum atomic E-state index is -1.44. The van der Waals surface area contributed by atoms with Crippen LogP contribution in [0.25, 0.3) is 0 Å². The summed E-state index contributed by atoms with van der Waals surface area (Å²) in [6, 6.07) is 0. The molecule has 2 heterocycles. The molecular weight excluding hydrogens is 504 g/mol. The predicted molar refractivity (Wildman–Crippen MR) is 139 cm³/mol. The van der Waals surface area contributed by atoms with Crippen molar-refractivity contribution < 1.29 is 47.5 Å². The molecule has 0 bridgehead atoms. The molecule has 0 saturated carbocycles. The van der Waals surface area contributed by atoms with Crippen molar-refractivity contribution in [3.05, 3.63) is 0 Å². The number of esters is 3. The molecule has 6 unspecified atom stereocenters. The highest BCUT2D eigenvalue weighted by molar-refractivity contribution is 8.32. The first-order valence-electron chi connectivity index (χ1n) is 13.2. The zero-order valence-electron chi connectivity index (χ0n) is 23.4.